The molecule has 1 fully saturated rings. The minimum absolute atomic E-state index is 0.111. The predicted octanol–water partition coefficient (Wildman–Crippen LogP) is 2.06. The second-order valence-corrected chi connectivity index (χ2v) is 7.69. The molecule has 1 aliphatic rings. The van der Waals surface area contributed by atoms with Crippen LogP contribution in [0.2, 0.25) is 0 Å². The zero-order chi connectivity index (χ0) is 22.0. The highest BCUT2D eigenvalue weighted by Gasteiger charge is 2.23. The Morgan fingerprint density at radius 2 is 1.61 bits per heavy atom. The lowest BCUT2D eigenvalue weighted by Crippen LogP contribution is -2.50. The highest BCUT2D eigenvalue weighted by molar-refractivity contribution is 5.81. The predicted molar refractivity (Wildman–Crippen MR) is 118 cm³/mol. The van der Waals surface area contributed by atoms with Crippen molar-refractivity contribution in [2.24, 2.45) is 0 Å². The summed E-state index contributed by atoms with van der Waals surface area (Å²) >= 11 is 0. The van der Waals surface area contributed by atoms with Crippen LogP contribution < -0.4 is 16.1 Å². The molecule has 0 radical (unpaired) electrons. The van der Waals surface area contributed by atoms with E-state index in [1.807, 2.05) is 6.92 Å². The van der Waals surface area contributed by atoms with Crippen LogP contribution in [0.1, 0.15) is 13.3 Å². The van der Waals surface area contributed by atoms with Crippen LogP contribution in [0.25, 0.3) is 10.9 Å². The van der Waals surface area contributed by atoms with Crippen molar-refractivity contribution in [3.8, 4) is 0 Å². The van der Waals surface area contributed by atoms with Crippen LogP contribution >= 0.6 is 0 Å². The second kappa shape index (κ2) is 8.75. The molecule has 0 unspecified atom stereocenters. The minimum Gasteiger partial charge on any atom is -0.368 e. The summed E-state index contributed by atoms with van der Waals surface area (Å²) in [5.41, 5.74) is 0.619. The van der Waals surface area contributed by atoms with E-state index >= 15 is 0 Å². The van der Waals surface area contributed by atoms with Gasteiger partial charge in [0, 0.05) is 38.4 Å². The molecule has 0 saturated carbocycles. The first-order chi connectivity index (χ1) is 15.0. The first-order valence-electron chi connectivity index (χ1n) is 10.5. The highest BCUT2D eigenvalue weighted by atomic mass is 19.1. The Labute approximate surface area is 178 Å². The molecular formula is C23H25FN4O3. The number of amides is 1. The zero-order valence-corrected chi connectivity index (χ0v) is 17.5. The number of carbonyl (C=O) groups is 1. The van der Waals surface area contributed by atoms with Gasteiger partial charge in [-0.05, 0) is 42.8 Å². The Morgan fingerprint density at radius 1 is 0.935 bits per heavy atom. The van der Waals surface area contributed by atoms with Crippen molar-refractivity contribution in [2.75, 3.05) is 31.1 Å². The molecule has 0 atom stereocenters. The number of hydrogen-bond donors (Lipinski definition) is 0. The fourth-order valence-electron chi connectivity index (χ4n) is 4.05. The third-order valence-electron chi connectivity index (χ3n) is 5.70. The van der Waals surface area contributed by atoms with Crippen molar-refractivity contribution < 1.29 is 9.18 Å². The Hall–Kier alpha value is -3.42. The van der Waals surface area contributed by atoms with E-state index in [0.29, 0.717) is 50.0 Å². The first-order valence-corrected chi connectivity index (χ1v) is 10.5. The maximum absolute atomic E-state index is 13.2. The van der Waals surface area contributed by atoms with Gasteiger partial charge in [-0.1, -0.05) is 19.1 Å². The van der Waals surface area contributed by atoms with Crippen LogP contribution in [0.4, 0.5) is 10.1 Å². The molecule has 4 rings (SSSR count). The molecule has 7 nitrogen and oxygen atoms in total. The van der Waals surface area contributed by atoms with Crippen molar-refractivity contribution in [1.29, 1.82) is 0 Å². The Kier molecular flexibility index (Phi) is 5.88. The molecule has 31 heavy (non-hydrogen) atoms. The number of para-hydroxylation sites is 1. The van der Waals surface area contributed by atoms with Gasteiger partial charge in [0.1, 0.15) is 12.4 Å². The molecule has 2 heterocycles. The topological polar surface area (TPSA) is 67.6 Å². The van der Waals surface area contributed by atoms with Gasteiger partial charge in [0.05, 0.1) is 10.9 Å². The smallest absolute Gasteiger partial charge is 0.331 e. The summed E-state index contributed by atoms with van der Waals surface area (Å²) in [5.74, 6) is -0.438. The first kappa shape index (κ1) is 20.8. The summed E-state index contributed by atoms with van der Waals surface area (Å²) in [4.78, 5) is 42.5. The van der Waals surface area contributed by atoms with Crippen molar-refractivity contribution in [2.45, 2.75) is 26.4 Å². The second-order valence-electron chi connectivity index (χ2n) is 7.69. The van der Waals surface area contributed by atoms with E-state index in [2.05, 4.69) is 4.90 Å². The van der Waals surface area contributed by atoms with Gasteiger partial charge in [0.15, 0.2) is 0 Å². The van der Waals surface area contributed by atoms with Crippen LogP contribution in [0.5, 0.6) is 0 Å². The number of hydrogen-bond acceptors (Lipinski definition) is 4. The van der Waals surface area contributed by atoms with E-state index < -0.39 is 5.69 Å². The maximum atomic E-state index is 13.2. The van der Waals surface area contributed by atoms with Gasteiger partial charge < -0.3 is 9.80 Å². The standard InChI is InChI=1S/C23H25FN4O3/c1-2-11-27-22(30)19-5-3-4-6-20(19)28(23(27)31)16-21(29)26-14-12-25(13-15-26)18-9-7-17(24)8-10-18/h3-10H,2,11-16H2,1H3. The lowest BCUT2D eigenvalue weighted by molar-refractivity contribution is -0.132. The summed E-state index contributed by atoms with van der Waals surface area (Å²) in [5, 5.41) is 0.435. The van der Waals surface area contributed by atoms with E-state index in [9.17, 15) is 18.8 Å². The monoisotopic (exact) mass is 424 g/mol. The Morgan fingerprint density at radius 3 is 2.29 bits per heavy atom. The molecule has 1 saturated heterocycles. The number of carbonyl (C=O) groups excluding carboxylic acids is 1. The summed E-state index contributed by atoms with van der Waals surface area (Å²) < 4.78 is 15.8. The average molecular weight is 424 g/mol. The Bertz CT molecular complexity index is 1210. The third-order valence-corrected chi connectivity index (χ3v) is 5.70. The summed E-state index contributed by atoms with van der Waals surface area (Å²) in [6, 6.07) is 13.2. The number of aromatic nitrogens is 2. The zero-order valence-electron chi connectivity index (χ0n) is 17.5. The fourth-order valence-corrected chi connectivity index (χ4v) is 4.05. The quantitative estimate of drug-likeness (QED) is 0.629. The lowest BCUT2D eigenvalue weighted by atomic mass is 10.2. The summed E-state index contributed by atoms with van der Waals surface area (Å²) in [7, 11) is 0. The number of nitrogens with zero attached hydrogens (tertiary/aromatic N) is 4. The van der Waals surface area contributed by atoms with E-state index in [4.69, 9.17) is 0 Å². The van der Waals surface area contributed by atoms with Gasteiger partial charge in [-0.3, -0.25) is 18.7 Å². The molecule has 2 aromatic carbocycles. The number of piperazine rings is 1. The van der Waals surface area contributed by atoms with Crippen LogP contribution in [-0.4, -0.2) is 46.1 Å². The van der Waals surface area contributed by atoms with Gasteiger partial charge in [-0.25, -0.2) is 9.18 Å². The fraction of sp³-hybridized carbons (Fsp3) is 0.348. The number of fused-ring (bicyclic) bond motifs is 1. The molecule has 1 amide bonds. The number of halogens is 1. The van der Waals surface area contributed by atoms with Crippen LogP contribution in [0.3, 0.4) is 0 Å². The minimum atomic E-state index is -0.455. The van der Waals surface area contributed by atoms with Gasteiger partial charge in [0.25, 0.3) is 5.56 Å². The Balaban J connectivity index is 1.55. The molecule has 0 aliphatic carbocycles. The van der Waals surface area contributed by atoms with E-state index in [0.717, 1.165) is 5.69 Å². The average Bonchev–Trinajstić information content (AvgIpc) is 2.80. The van der Waals surface area contributed by atoms with Crippen molar-refractivity contribution in [3.63, 3.8) is 0 Å². The summed E-state index contributed by atoms with van der Waals surface area (Å²) in [6.45, 7) is 4.38. The van der Waals surface area contributed by atoms with Gasteiger partial charge in [0.2, 0.25) is 5.91 Å². The van der Waals surface area contributed by atoms with Gasteiger partial charge >= 0.3 is 5.69 Å². The lowest BCUT2D eigenvalue weighted by Gasteiger charge is -2.36. The van der Waals surface area contributed by atoms with Crippen molar-refractivity contribution >= 4 is 22.5 Å². The molecule has 0 spiro atoms. The van der Waals surface area contributed by atoms with Crippen LogP contribution in [0, 0.1) is 5.82 Å². The molecule has 1 aliphatic heterocycles. The normalized spacial score (nSPS) is 14.3. The molecular weight excluding hydrogens is 399 g/mol. The number of rotatable bonds is 5. The SMILES string of the molecule is CCCn1c(=O)c2ccccc2n(CC(=O)N2CCN(c3ccc(F)cc3)CC2)c1=O. The number of benzene rings is 2. The van der Waals surface area contributed by atoms with Crippen molar-refractivity contribution in [1.82, 2.24) is 14.0 Å². The van der Waals surface area contributed by atoms with Crippen LogP contribution in [-0.2, 0) is 17.9 Å². The third kappa shape index (κ3) is 4.10. The summed E-state index contributed by atoms with van der Waals surface area (Å²) in [6.07, 6.45) is 0.646. The largest absolute Gasteiger partial charge is 0.368 e. The van der Waals surface area contributed by atoms with Crippen molar-refractivity contribution in [3.05, 3.63) is 75.2 Å². The van der Waals surface area contributed by atoms with E-state index in [1.54, 1.807) is 41.3 Å². The molecule has 1 aromatic heterocycles. The van der Waals surface area contributed by atoms with E-state index in [-0.39, 0.29) is 23.8 Å². The maximum Gasteiger partial charge on any atom is 0.331 e. The van der Waals surface area contributed by atoms with Gasteiger partial charge in [-0.2, -0.15) is 0 Å². The van der Waals surface area contributed by atoms with Gasteiger partial charge in [-0.15, -0.1) is 0 Å². The number of anilines is 1. The molecule has 162 valence electrons. The molecule has 8 heteroatoms. The molecule has 0 bridgehead atoms. The molecule has 3 aromatic rings. The molecule has 0 N–H and O–H groups in total. The highest BCUT2D eigenvalue weighted by Crippen LogP contribution is 2.17. The van der Waals surface area contributed by atoms with E-state index in [1.165, 1.54) is 21.3 Å². The van der Waals surface area contributed by atoms with Crippen LogP contribution in [0.15, 0.2) is 58.1 Å².